The van der Waals surface area contributed by atoms with E-state index in [1.807, 2.05) is 30.3 Å². The summed E-state index contributed by atoms with van der Waals surface area (Å²) in [6.45, 7) is 0. The number of hydrogen-bond acceptors (Lipinski definition) is 5. The van der Waals surface area contributed by atoms with Gasteiger partial charge in [-0.3, -0.25) is 0 Å². The van der Waals surface area contributed by atoms with E-state index < -0.39 is 15.9 Å². The molecule has 112 valence electrons. The average Bonchev–Trinajstić information content (AvgIpc) is 2.48. The number of rotatable bonds is 6. The molecule has 1 unspecified atom stereocenters. The van der Waals surface area contributed by atoms with Gasteiger partial charge in [0.2, 0.25) is 0 Å². The zero-order chi connectivity index (χ0) is 15.3. The summed E-state index contributed by atoms with van der Waals surface area (Å²) >= 11 is 5.46. The normalized spacial score (nSPS) is 13.0. The predicted octanol–water partition coefficient (Wildman–Crippen LogP) is 2.90. The molecule has 0 bridgehead atoms. The molecule has 3 nitrogen and oxygen atoms in total. The van der Waals surface area contributed by atoms with Crippen molar-refractivity contribution in [2.75, 3.05) is 11.5 Å². The van der Waals surface area contributed by atoms with Crippen LogP contribution in [0, 0.1) is 0 Å². The van der Waals surface area contributed by atoms with E-state index in [0.29, 0.717) is 0 Å². The Hall–Kier alpha value is -0.950. The van der Waals surface area contributed by atoms with Crippen molar-refractivity contribution in [3.05, 3.63) is 54.6 Å². The quantitative estimate of drug-likeness (QED) is 0.794. The molecule has 0 saturated heterocycles. The first-order chi connectivity index (χ1) is 10.0. The molecule has 2 rings (SSSR count). The van der Waals surface area contributed by atoms with Crippen LogP contribution in [0.1, 0.15) is 0 Å². The summed E-state index contributed by atoms with van der Waals surface area (Å²) < 4.78 is 24.1. The second-order valence-corrected chi connectivity index (χ2v) is 8.05. The van der Waals surface area contributed by atoms with Crippen molar-refractivity contribution in [1.82, 2.24) is 0 Å². The molecular weight excluding hydrogens is 324 g/mol. The number of benzene rings is 2. The third-order valence-corrected chi connectivity index (χ3v) is 6.04. The Morgan fingerprint density at radius 2 is 1.57 bits per heavy atom. The van der Waals surface area contributed by atoms with Crippen LogP contribution in [0.3, 0.4) is 0 Å². The SMILES string of the molecule is O=S(=O)(CC(O)CS)c1ccc(Sc2ccccc2)cc1. The Bertz CT molecular complexity index is 667. The minimum atomic E-state index is -3.47. The summed E-state index contributed by atoms with van der Waals surface area (Å²) in [7, 11) is -3.47. The van der Waals surface area contributed by atoms with Gasteiger partial charge in [-0.05, 0) is 36.4 Å². The van der Waals surface area contributed by atoms with Gasteiger partial charge in [0.05, 0.1) is 16.8 Å². The number of hydrogen-bond donors (Lipinski definition) is 2. The van der Waals surface area contributed by atoms with E-state index >= 15 is 0 Å². The van der Waals surface area contributed by atoms with Gasteiger partial charge in [0, 0.05) is 15.5 Å². The van der Waals surface area contributed by atoms with Gasteiger partial charge in [0.15, 0.2) is 9.84 Å². The highest BCUT2D eigenvalue weighted by Gasteiger charge is 2.18. The third kappa shape index (κ3) is 4.78. The Labute approximate surface area is 134 Å². The Kier molecular flexibility index (Phi) is 5.75. The van der Waals surface area contributed by atoms with Crippen LogP contribution in [0.15, 0.2) is 69.3 Å². The number of aliphatic hydroxyl groups excluding tert-OH is 1. The molecule has 0 radical (unpaired) electrons. The van der Waals surface area contributed by atoms with Gasteiger partial charge in [-0.2, -0.15) is 12.6 Å². The molecule has 2 aromatic carbocycles. The van der Waals surface area contributed by atoms with E-state index in [0.717, 1.165) is 9.79 Å². The van der Waals surface area contributed by atoms with Crippen LogP contribution in [0.5, 0.6) is 0 Å². The smallest absolute Gasteiger partial charge is 0.180 e. The van der Waals surface area contributed by atoms with Gasteiger partial charge >= 0.3 is 0 Å². The summed E-state index contributed by atoms with van der Waals surface area (Å²) in [6.07, 6.45) is -0.947. The fraction of sp³-hybridized carbons (Fsp3) is 0.200. The first-order valence-corrected chi connectivity index (χ1v) is 9.46. The zero-order valence-electron chi connectivity index (χ0n) is 11.2. The zero-order valence-corrected chi connectivity index (χ0v) is 13.7. The van der Waals surface area contributed by atoms with Crippen molar-refractivity contribution < 1.29 is 13.5 Å². The molecular formula is C15H16O3S3. The predicted molar refractivity (Wildman–Crippen MR) is 88.9 cm³/mol. The molecule has 0 heterocycles. The molecule has 0 aliphatic rings. The maximum Gasteiger partial charge on any atom is 0.180 e. The fourth-order valence-electron chi connectivity index (χ4n) is 1.74. The van der Waals surface area contributed by atoms with Gasteiger partial charge in [-0.15, -0.1) is 0 Å². The highest BCUT2D eigenvalue weighted by atomic mass is 32.2. The van der Waals surface area contributed by atoms with E-state index in [9.17, 15) is 13.5 Å². The number of thiol groups is 1. The lowest BCUT2D eigenvalue weighted by atomic mass is 10.4. The molecule has 0 spiro atoms. The Morgan fingerprint density at radius 1 is 1.00 bits per heavy atom. The summed E-state index contributed by atoms with van der Waals surface area (Å²) in [5.41, 5.74) is 0. The summed E-state index contributed by atoms with van der Waals surface area (Å²) in [6, 6.07) is 16.6. The van der Waals surface area contributed by atoms with Crippen LogP contribution in [-0.2, 0) is 9.84 Å². The van der Waals surface area contributed by atoms with Gasteiger partial charge in [-0.1, -0.05) is 30.0 Å². The van der Waals surface area contributed by atoms with Crippen molar-refractivity contribution in [2.45, 2.75) is 20.8 Å². The van der Waals surface area contributed by atoms with Crippen LogP contribution in [0.25, 0.3) is 0 Å². The summed E-state index contributed by atoms with van der Waals surface area (Å²) in [5.74, 6) is -0.178. The molecule has 2 aromatic rings. The molecule has 1 N–H and O–H groups in total. The third-order valence-electron chi connectivity index (χ3n) is 2.78. The molecule has 0 fully saturated rings. The van der Waals surface area contributed by atoms with Gasteiger partial charge in [0.1, 0.15) is 0 Å². The molecule has 1 atom stereocenters. The molecule has 0 saturated carbocycles. The van der Waals surface area contributed by atoms with E-state index in [1.54, 1.807) is 36.0 Å². The maximum atomic E-state index is 12.1. The van der Waals surface area contributed by atoms with Crippen molar-refractivity contribution >= 4 is 34.2 Å². The Balaban J connectivity index is 2.12. The van der Waals surface area contributed by atoms with Crippen molar-refractivity contribution in [1.29, 1.82) is 0 Å². The van der Waals surface area contributed by atoms with Gasteiger partial charge < -0.3 is 5.11 Å². The standard InChI is InChI=1S/C15H16O3S3/c16-12(10-19)11-21(17,18)15-8-6-14(7-9-15)20-13-4-2-1-3-5-13/h1-9,12,16,19H,10-11H2. The number of aliphatic hydroxyl groups is 1. The van der Waals surface area contributed by atoms with Gasteiger partial charge in [-0.25, -0.2) is 8.42 Å². The van der Waals surface area contributed by atoms with Crippen LogP contribution < -0.4 is 0 Å². The lowest BCUT2D eigenvalue weighted by molar-refractivity contribution is 0.223. The molecule has 0 aliphatic heterocycles. The van der Waals surface area contributed by atoms with Crippen molar-refractivity contribution in [3.63, 3.8) is 0 Å². The molecule has 0 aliphatic carbocycles. The monoisotopic (exact) mass is 340 g/mol. The summed E-state index contributed by atoms with van der Waals surface area (Å²) in [5, 5.41) is 9.44. The topological polar surface area (TPSA) is 54.4 Å². The highest BCUT2D eigenvalue weighted by molar-refractivity contribution is 7.99. The van der Waals surface area contributed by atoms with Crippen LogP contribution in [0.4, 0.5) is 0 Å². The minimum absolute atomic E-state index is 0.126. The van der Waals surface area contributed by atoms with Crippen molar-refractivity contribution in [2.24, 2.45) is 0 Å². The van der Waals surface area contributed by atoms with E-state index in [4.69, 9.17) is 0 Å². The molecule has 21 heavy (non-hydrogen) atoms. The average molecular weight is 340 g/mol. The number of sulfone groups is 1. The fourth-order valence-corrected chi connectivity index (χ4v) is 4.25. The molecule has 0 aromatic heterocycles. The first kappa shape index (κ1) is 16.4. The Morgan fingerprint density at radius 3 is 2.14 bits per heavy atom. The molecule has 0 amide bonds. The summed E-state index contributed by atoms with van der Waals surface area (Å²) in [4.78, 5) is 2.29. The van der Waals surface area contributed by atoms with Crippen molar-refractivity contribution in [3.8, 4) is 0 Å². The molecule has 6 heteroatoms. The maximum absolute atomic E-state index is 12.1. The van der Waals surface area contributed by atoms with Crippen LogP contribution in [0.2, 0.25) is 0 Å². The highest BCUT2D eigenvalue weighted by Crippen LogP contribution is 2.28. The van der Waals surface area contributed by atoms with Crippen LogP contribution in [-0.4, -0.2) is 31.1 Å². The van der Waals surface area contributed by atoms with E-state index in [1.165, 1.54) is 0 Å². The van der Waals surface area contributed by atoms with E-state index in [2.05, 4.69) is 12.6 Å². The van der Waals surface area contributed by atoms with Crippen LogP contribution >= 0.6 is 24.4 Å². The largest absolute Gasteiger partial charge is 0.391 e. The van der Waals surface area contributed by atoms with E-state index in [-0.39, 0.29) is 16.4 Å². The van der Waals surface area contributed by atoms with Gasteiger partial charge in [0.25, 0.3) is 0 Å². The lowest BCUT2D eigenvalue weighted by Crippen LogP contribution is -2.22. The first-order valence-electron chi connectivity index (χ1n) is 6.36. The second-order valence-electron chi connectivity index (χ2n) is 4.50. The lowest BCUT2D eigenvalue weighted by Gasteiger charge is -2.09. The second kappa shape index (κ2) is 7.35. The minimum Gasteiger partial charge on any atom is -0.391 e.